The van der Waals surface area contributed by atoms with Crippen molar-refractivity contribution >= 4 is 30.2 Å². The van der Waals surface area contributed by atoms with Gasteiger partial charge in [0.15, 0.2) is 0 Å². The van der Waals surface area contributed by atoms with E-state index < -0.39 is 46.6 Å². The molecule has 0 aliphatic heterocycles. The summed E-state index contributed by atoms with van der Waals surface area (Å²) in [5.74, 6) is -0.823. The van der Waals surface area contributed by atoms with Gasteiger partial charge >= 0.3 is 24.2 Å². The summed E-state index contributed by atoms with van der Waals surface area (Å²) in [5, 5.41) is 11.3. The van der Waals surface area contributed by atoms with Crippen LogP contribution in [0.2, 0.25) is 0 Å². The monoisotopic (exact) mass is 616 g/mol. The molecule has 0 heterocycles. The molecule has 0 radical (unpaired) electrons. The molecular formula is C30H56N4O9. The van der Waals surface area contributed by atoms with Crippen molar-refractivity contribution in [2.24, 2.45) is 0 Å². The number of hydrogen-bond donors (Lipinski definition) is 4. The quantitative estimate of drug-likeness (QED) is 0.109. The molecule has 4 N–H and O–H groups in total. The Morgan fingerprint density at radius 2 is 0.860 bits per heavy atom. The lowest BCUT2D eigenvalue weighted by atomic mass is 9.83. The first-order valence-corrected chi connectivity index (χ1v) is 14.9. The van der Waals surface area contributed by atoms with Crippen LogP contribution in [0.5, 0.6) is 0 Å². The van der Waals surface area contributed by atoms with Crippen LogP contribution >= 0.6 is 0 Å². The summed E-state index contributed by atoms with van der Waals surface area (Å²) in [6, 6.07) is 0. The van der Waals surface area contributed by atoms with E-state index in [-0.39, 0.29) is 18.7 Å². The molecule has 13 heteroatoms. The van der Waals surface area contributed by atoms with Crippen LogP contribution in [0, 0.1) is 0 Å². The van der Waals surface area contributed by atoms with Crippen LogP contribution in [0.3, 0.4) is 0 Å². The van der Waals surface area contributed by atoms with Gasteiger partial charge in [0.05, 0.1) is 13.5 Å². The van der Waals surface area contributed by atoms with Crippen molar-refractivity contribution in [1.29, 1.82) is 0 Å². The second-order valence-corrected chi connectivity index (χ2v) is 13.5. The highest BCUT2D eigenvalue weighted by atomic mass is 16.6. The number of carbonyl (C=O) groups excluding carboxylic acids is 5. The molecular weight excluding hydrogens is 560 g/mol. The SMILES string of the molecule is COC(=O)CCC(=O)NC(CCCNC(=O)OC(C)(C)C)(CCCNC(=O)OC(C)(C)C)CCCNC(=O)OC(C)(C)C. The predicted molar refractivity (Wildman–Crippen MR) is 163 cm³/mol. The summed E-state index contributed by atoms with van der Waals surface area (Å²) < 4.78 is 20.6. The smallest absolute Gasteiger partial charge is 0.407 e. The number of methoxy groups -OCH3 is 1. The van der Waals surface area contributed by atoms with Gasteiger partial charge in [-0.1, -0.05) is 0 Å². The lowest BCUT2D eigenvalue weighted by Crippen LogP contribution is -2.50. The van der Waals surface area contributed by atoms with E-state index in [4.69, 9.17) is 14.2 Å². The van der Waals surface area contributed by atoms with Gasteiger partial charge in [0.1, 0.15) is 16.8 Å². The number of esters is 1. The van der Waals surface area contributed by atoms with Gasteiger partial charge < -0.3 is 40.2 Å². The van der Waals surface area contributed by atoms with Crippen molar-refractivity contribution in [2.45, 2.75) is 136 Å². The number of carbonyl (C=O) groups is 5. The van der Waals surface area contributed by atoms with Crippen molar-refractivity contribution in [3.8, 4) is 0 Å². The van der Waals surface area contributed by atoms with E-state index in [0.717, 1.165) is 0 Å². The van der Waals surface area contributed by atoms with Crippen LogP contribution in [-0.4, -0.2) is 79.2 Å². The van der Waals surface area contributed by atoms with Crippen molar-refractivity contribution in [3.63, 3.8) is 0 Å². The molecule has 4 amide bonds. The highest BCUT2D eigenvalue weighted by Gasteiger charge is 2.31. The fraction of sp³-hybridized carbons (Fsp3) is 0.833. The van der Waals surface area contributed by atoms with E-state index in [1.165, 1.54) is 7.11 Å². The fourth-order valence-electron chi connectivity index (χ4n) is 4.03. The van der Waals surface area contributed by atoms with Crippen molar-refractivity contribution in [1.82, 2.24) is 21.3 Å². The molecule has 0 saturated carbocycles. The number of hydrogen-bond acceptors (Lipinski definition) is 9. The molecule has 0 unspecified atom stereocenters. The van der Waals surface area contributed by atoms with Crippen LogP contribution in [0.1, 0.15) is 114 Å². The second kappa shape index (κ2) is 18.4. The van der Waals surface area contributed by atoms with Gasteiger partial charge in [0.2, 0.25) is 5.91 Å². The average molecular weight is 617 g/mol. The highest BCUT2D eigenvalue weighted by Crippen LogP contribution is 2.26. The largest absolute Gasteiger partial charge is 0.469 e. The van der Waals surface area contributed by atoms with E-state index in [1.807, 2.05) is 0 Å². The zero-order valence-corrected chi connectivity index (χ0v) is 28.0. The van der Waals surface area contributed by atoms with Crippen LogP contribution in [0.4, 0.5) is 14.4 Å². The van der Waals surface area contributed by atoms with Gasteiger partial charge in [0, 0.05) is 31.6 Å². The van der Waals surface area contributed by atoms with Gasteiger partial charge in [-0.15, -0.1) is 0 Å². The molecule has 0 rings (SSSR count). The third kappa shape index (κ3) is 23.0. The predicted octanol–water partition coefficient (Wildman–Crippen LogP) is 4.71. The summed E-state index contributed by atoms with van der Waals surface area (Å²) in [7, 11) is 1.26. The number of alkyl carbamates (subject to hydrolysis) is 3. The number of nitrogens with one attached hydrogen (secondary N) is 4. The maximum absolute atomic E-state index is 13.0. The van der Waals surface area contributed by atoms with E-state index in [1.54, 1.807) is 62.3 Å². The van der Waals surface area contributed by atoms with Crippen molar-refractivity contribution in [2.75, 3.05) is 26.7 Å². The van der Waals surface area contributed by atoms with Crippen molar-refractivity contribution in [3.05, 3.63) is 0 Å². The van der Waals surface area contributed by atoms with Gasteiger partial charge in [0.25, 0.3) is 0 Å². The van der Waals surface area contributed by atoms with Gasteiger partial charge in [-0.3, -0.25) is 9.59 Å². The zero-order valence-electron chi connectivity index (χ0n) is 28.0. The standard InChI is InChI=1S/C30H56N4O9/c1-27(2,3)41-24(37)31-19-11-16-30(34-22(35)14-15-23(36)40-10,17-12-20-32-25(38)42-28(4,5)6)18-13-21-33-26(39)43-29(7,8)9/h11-21H2,1-10H3,(H,31,37)(H,32,38)(H,33,39)(H,34,35). The van der Waals surface area contributed by atoms with Crippen LogP contribution in [0.15, 0.2) is 0 Å². The number of amides is 4. The molecule has 0 fully saturated rings. The minimum absolute atomic E-state index is 0.0586. The lowest BCUT2D eigenvalue weighted by molar-refractivity contribution is -0.142. The highest BCUT2D eigenvalue weighted by molar-refractivity contribution is 5.81. The minimum atomic E-state index is -0.756. The summed E-state index contributed by atoms with van der Waals surface area (Å²) in [6.07, 6.45) is 1.22. The Morgan fingerprint density at radius 1 is 0.535 bits per heavy atom. The normalized spacial score (nSPS) is 12.0. The molecule has 0 aromatic heterocycles. The van der Waals surface area contributed by atoms with Crippen LogP contribution < -0.4 is 21.3 Å². The Morgan fingerprint density at radius 3 is 1.14 bits per heavy atom. The molecule has 0 spiro atoms. The average Bonchev–Trinajstić information content (AvgIpc) is 2.82. The molecule has 0 atom stereocenters. The number of rotatable bonds is 16. The number of ether oxygens (including phenoxy) is 4. The van der Waals surface area contributed by atoms with E-state index in [0.29, 0.717) is 58.2 Å². The Labute approximate surface area is 257 Å². The minimum Gasteiger partial charge on any atom is -0.469 e. The fourth-order valence-corrected chi connectivity index (χ4v) is 4.03. The molecule has 13 nitrogen and oxygen atoms in total. The summed E-state index contributed by atoms with van der Waals surface area (Å²) in [5.41, 5.74) is -2.66. The molecule has 0 aliphatic carbocycles. The maximum Gasteiger partial charge on any atom is 0.407 e. The third-order valence-corrected chi connectivity index (χ3v) is 5.69. The molecule has 43 heavy (non-hydrogen) atoms. The van der Waals surface area contributed by atoms with E-state index in [9.17, 15) is 24.0 Å². The molecule has 0 saturated heterocycles. The molecule has 0 aliphatic rings. The Balaban J connectivity index is 5.61. The summed E-state index contributed by atoms with van der Waals surface area (Å²) in [6.45, 7) is 16.9. The topological polar surface area (TPSA) is 170 Å². The van der Waals surface area contributed by atoms with Gasteiger partial charge in [-0.25, -0.2) is 14.4 Å². The first-order valence-electron chi connectivity index (χ1n) is 14.9. The van der Waals surface area contributed by atoms with E-state index in [2.05, 4.69) is 26.0 Å². The van der Waals surface area contributed by atoms with E-state index >= 15 is 0 Å². The Bertz CT molecular complexity index is 814. The lowest BCUT2D eigenvalue weighted by Gasteiger charge is -2.36. The first-order chi connectivity index (χ1) is 19.7. The van der Waals surface area contributed by atoms with Crippen LogP contribution in [-0.2, 0) is 28.5 Å². The first kappa shape index (κ1) is 39.8. The summed E-state index contributed by atoms with van der Waals surface area (Å²) >= 11 is 0. The Kier molecular flexibility index (Phi) is 17.0. The molecule has 0 bridgehead atoms. The van der Waals surface area contributed by atoms with Gasteiger partial charge in [-0.2, -0.15) is 0 Å². The Hall–Kier alpha value is -3.25. The second-order valence-electron chi connectivity index (χ2n) is 13.5. The zero-order chi connectivity index (χ0) is 33.3. The third-order valence-electron chi connectivity index (χ3n) is 5.69. The molecule has 250 valence electrons. The summed E-state index contributed by atoms with van der Waals surface area (Å²) in [4.78, 5) is 61.0. The maximum atomic E-state index is 13.0. The molecule has 0 aromatic rings. The van der Waals surface area contributed by atoms with Gasteiger partial charge in [-0.05, 0) is 101 Å². The van der Waals surface area contributed by atoms with Crippen LogP contribution in [0.25, 0.3) is 0 Å². The van der Waals surface area contributed by atoms with Crippen molar-refractivity contribution < 1.29 is 42.9 Å². The molecule has 0 aromatic carbocycles.